The number of carbonyl (C=O) groups is 3. The molecule has 2 heterocycles. The molecule has 172 valence electrons. The summed E-state index contributed by atoms with van der Waals surface area (Å²) in [7, 11) is 0. The number of halogens is 1. The van der Waals surface area contributed by atoms with Crippen LogP contribution in [-0.4, -0.2) is 58.0 Å². The highest BCUT2D eigenvalue weighted by molar-refractivity contribution is 14.1. The number of nitrogen functional groups attached to an aromatic ring is 2. The highest BCUT2D eigenvalue weighted by atomic mass is 127. The number of nitrogens with two attached hydrogens (primary N) is 2. The lowest BCUT2D eigenvalue weighted by atomic mass is 10.1. The van der Waals surface area contributed by atoms with Crippen LogP contribution in [0, 0.1) is 0 Å². The molecule has 3 rings (SSSR count). The van der Waals surface area contributed by atoms with Crippen molar-refractivity contribution in [3.63, 3.8) is 0 Å². The van der Waals surface area contributed by atoms with Crippen molar-refractivity contribution in [1.29, 1.82) is 0 Å². The lowest BCUT2D eigenvalue weighted by Crippen LogP contribution is -2.43. The highest BCUT2D eigenvalue weighted by Crippen LogP contribution is 2.16. The molecule has 0 spiro atoms. The molecule has 0 aliphatic heterocycles. The molecule has 0 radical (unpaired) electrons. The summed E-state index contributed by atoms with van der Waals surface area (Å²) in [6.45, 7) is 0.297. The predicted octanol–water partition coefficient (Wildman–Crippen LogP) is 0.658. The van der Waals surface area contributed by atoms with Crippen molar-refractivity contribution in [3.05, 3.63) is 41.7 Å². The van der Waals surface area contributed by atoms with Gasteiger partial charge in [-0.2, -0.15) is 9.97 Å². The normalized spacial score (nSPS) is 12.6. The number of anilines is 3. The van der Waals surface area contributed by atoms with E-state index in [0.717, 1.165) is 0 Å². The maximum Gasteiger partial charge on any atom is 0.326 e. The van der Waals surface area contributed by atoms with Crippen molar-refractivity contribution in [2.24, 2.45) is 0 Å². The smallest absolute Gasteiger partial charge is 0.326 e. The summed E-state index contributed by atoms with van der Waals surface area (Å²) in [5.41, 5.74) is 13.4. The Kier molecular flexibility index (Phi) is 7.37. The van der Waals surface area contributed by atoms with Crippen molar-refractivity contribution in [1.82, 2.24) is 25.3 Å². The maximum atomic E-state index is 12.4. The van der Waals surface area contributed by atoms with E-state index in [-0.39, 0.29) is 29.4 Å². The Bertz CT molecular complexity index is 1210. The number of aromatic nitrogens is 4. The number of aliphatic carboxylic acids is 2. The molecule has 0 saturated heterocycles. The number of rotatable bonds is 9. The second-order valence-electron chi connectivity index (χ2n) is 6.84. The quantitative estimate of drug-likeness (QED) is 0.155. The Morgan fingerprint density at radius 3 is 2.36 bits per heavy atom. The minimum absolute atomic E-state index is 0.00924. The van der Waals surface area contributed by atoms with Crippen LogP contribution in [0.15, 0.2) is 30.5 Å². The summed E-state index contributed by atoms with van der Waals surface area (Å²) in [6, 6.07) is 4.96. The largest absolute Gasteiger partial charge is 0.480 e. The average molecular weight is 566 g/mol. The van der Waals surface area contributed by atoms with Crippen LogP contribution in [0.3, 0.4) is 0 Å². The standard InChI is InChI=1S/C19H19IN8O5/c20-11(17(30)31)5-12(18(32)33)26-16(29)8-1-3-9(4-2-8)23-6-10-7-24-15-13(25-10)14(21)27-19(22)28-15/h1-4,7,11-12,23H,5-6H2,(H,26,29)(H,30,31)(H,32,33)(H4,21,22,24,27,28). The number of carboxylic acids is 2. The minimum atomic E-state index is -1.33. The molecule has 0 saturated carbocycles. The number of hydrogen-bond acceptors (Lipinski definition) is 10. The summed E-state index contributed by atoms with van der Waals surface area (Å²) >= 11 is 1.62. The number of alkyl halides is 1. The van der Waals surface area contributed by atoms with E-state index in [4.69, 9.17) is 16.6 Å². The number of hydrogen-bond donors (Lipinski definition) is 6. The molecule has 0 fully saturated rings. The molecule has 2 unspecified atom stereocenters. The van der Waals surface area contributed by atoms with Crippen LogP contribution in [0.5, 0.6) is 0 Å². The van der Waals surface area contributed by atoms with Gasteiger partial charge in [-0.1, -0.05) is 22.6 Å². The molecular weight excluding hydrogens is 547 g/mol. The van der Waals surface area contributed by atoms with E-state index in [0.29, 0.717) is 23.4 Å². The van der Waals surface area contributed by atoms with E-state index in [2.05, 4.69) is 30.6 Å². The monoisotopic (exact) mass is 566 g/mol. The third-order valence-corrected chi connectivity index (χ3v) is 5.48. The first-order valence-electron chi connectivity index (χ1n) is 9.43. The molecule has 1 amide bonds. The summed E-state index contributed by atoms with van der Waals surface area (Å²) < 4.78 is -0.951. The van der Waals surface area contributed by atoms with Gasteiger partial charge in [-0.05, 0) is 24.3 Å². The predicted molar refractivity (Wildman–Crippen MR) is 127 cm³/mol. The zero-order valence-corrected chi connectivity index (χ0v) is 19.1. The number of nitrogens with one attached hydrogen (secondary N) is 2. The molecular formula is C19H19IN8O5. The summed E-state index contributed by atoms with van der Waals surface area (Å²) in [5, 5.41) is 23.7. The minimum Gasteiger partial charge on any atom is -0.480 e. The topological polar surface area (TPSA) is 219 Å². The highest BCUT2D eigenvalue weighted by Gasteiger charge is 2.26. The number of benzene rings is 1. The van der Waals surface area contributed by atoms with Crippen molar-refractivity contribution in [2.75, 3.05) is 16.8 Å². The van der Waals surface area contributed by atoms with E-state index in [1.165, 1.54) is 18.3 Å². The van der Waals surface area contributed by atoms with Crippen molar-refractivity contribution in [2.45, 2.75) is 22.9 Å². The Labute approximate surface area is 200 Å². The molecule has 0 aliphatic carbocycles. The summed E-state index contributed by atoms with van der Waals surface area (Å²) in [4.78, 5) is 51.1. The third kappa shape index (κ3) is 6.12. The van der Waals surface area contributed by atoms with Crippen LogP contribution in [0.2, 0.25) is 0 Å². The van der Waals surface area contributed by atoms with E-state index in [9.17, 15) is 19.5 Å². The molecule has 2 aromatic heterocycles. The van der Waals surface area contributed by atoms with Crippen LogP contribution in [-0.2, 0) is 16.1 Å². The van der Waals surface area contributed by atoms with Crippen LogP contribution < -0.4 is 22.1 Å². The maximum absolute atomic E-state index is 12.4. The van der Waals surface area contributed by atoms with Gasteiger partial charge >= 0.3 is 11.9 Å². The Morgan fingerprint density at radius 2 is 1.73 bits per heavy atom. The molecule has 0 bridgehead atoms. The van der Waals surface area contributed by atoms with Crippen LogP contribution in [0.1, 0.15) is 22.5 Å². The summed E-state index contributed by atoms with van der Waals surface area (Å²) in [6.07, 6.45) is 1.28. The Hall–Kier alpha value is -3.82. The van der Waals surface area contributed by atoms with Crippen LogP contribution in [0.4, 0.5) is 17.5 Å². The van der Waals surface area contributed by atoms with Gasteiger partial charge < -0.3 is 32.3 Å². The van der Waals surface area contributed by atoms with E-state index < -0.39 is 27.8 Å². The number of carbonyl (C=O) groups excluding carboxylic acids is 1. The van der Waals surface area contributed by atoms with Gasteiger partial charge in [0.15, 0.2) is 17.0 Å². The van der Waals surface area contributed by atoms with Crippen molar-refractivity contribution in [3.8, 4) is 0 Å². The van der Waals surface area contributed by atoms with Gasteiger partial charge in [0.25, 0.3) is 5.91 Å². The van der Waals surface area contributed by atoms with Gasteiger partial charge in [0.2, 0.25) is 5.95 Å². The van der Waals surface area contributed by atoms with Gasteiger partial charge in [-0.3, -0.25) is 9.59 Å². The van der Waals surface area contributed by atoms with Gasteiger partial charge in [0.05, 0.1) is 18.4 Å². The number of fused-ring (bicyclic) bond motifs is 1. The molecule has 14 heteroatoms. The zero-order valence-electron chi connectivity index (χ0n) is 16.9. The SMILES string of the molecule is Nc1nc(N)c2nc(CNc3ccc(C(=O)NC(CC(I)C(=O)O)C(=O)O)cc3)cnc2n1. The van der Waals surface area contributed by atoms with Gasteiger partial charge in [0.1, 0.15) is 9.97 Å². The van der Waals surface area contributed by atoms with E-state index >= 15 is 0 Å². The Morgan fingerprint density at radius 1 is 1.03 bits per heavy atom. The van der Waals surface area contributed by atoms with Crippen molar-refractivity contribution < 1.29 is 24.6 Å². The second kappa shape index (κ2) is 10.2. The van der Waals surface area contributed by atoms with E-state index in [1.54, 1.807) is 34.7 Å². The van der Waals surface area contributed by atoms with Crippen molar-refractivity contribution >= 4 is 69.1 Å². The third-order valence-electron chi connectivity index (χ3n) is 4.44. The number of nitrogens with zero attached hydrogens (tertiary/aromatic N) is 4. The second-order valence-corrected chi connectivity index (χ2v) is 8.34. The zero-order chi connectivity index (χ0) is 24.1. The molecule has 8 N–H and O–H groups in total. The average Bonchev–Trinajstić information content (AvgIpc) is 2.77. The fraction of sp³-hybridized carbons (Fsp3) is 0.211. The first-order valence-corrected chi connectivity index (χ1v) is 10.7. The molecule has 0 aliphatic rings. The fourth-order valence-corrected chi connectivity index (χ4v) is 3.28. The molecule has 2 atom stereocenters. The van der Waals surface area contributed by atoms with Crippen LogP contribution >= 0.6 is 22.6 Å². The summed E-state index contributed by atoms with van der Waals surface area (Å²) in [5.74, 6) is -2.95. The van der Waals surface area contributed by atoms with Crippen LogP contribution in [0.25, 0.3) is 11.2 Å². The molecule has 33 heavy (non-hydrogen) atoms. The first kappa shape index (κ1) is 23.8. The Balaban J connectivity index is 1.62. The molecule has 13 nitrogen and oxygen atoms in total. The van der Waals surface area contributed by atoms with Gasteiger partial charge in [0, 0.05) is 17.7 Å². The lowest BCUT2D eigenvalue weighted by molar-refractivity contribution is -0.140. The first-order chi connectivity index (χ1) is 15.6. The lowest BCUT2D eigenvalue weighted by Gasteiger charge is -2.16. The number of amides is 1. The molecule has 1 aromatic carbocycles. The fourth-order valence-electron chi connectivity index (χ4n) is 2.77. The van der Waals surface area contributed by atoms with Gasteiger partial charge in [-0.25, -0.2) is 14.8 Å². The molecule has 3 aromatic rings. The van der Waals surface area contributed by atoms with E-state index in [1.807, 2.05) is 0 Å². The number of carboxylic acid groups (broad SMARTS) is 2. The van der Waals surface area contributed by atoms with Gasteiger partial charge in [-0.15, -0.1) is 0 Å².